The summed E-state index contributed by atoms with van der Waals surface area (Å²) in [4.78, 5) is 32.1. The Balaban J connectivity index is 1.64. The van der Waals surface area contributed by atoms with Gasteiger partial charge in [0.25, 0.3) is 0 Å². The SMILES string of the molecule is CCOC(=O)C(=CN1c2ccc(CN3CCOCC3)cc2OCC1CN1CCOCC1)C(=O)OCC. The number of carbonyl (C=O) groups is 2. The molecule has 0 aromatic heterocycles. The number of nitrogens with zero attached hydrogens (tertiary/aromatic N) is 3. The summed E-state index contributed by atoms with van der Waals surface area (Å²) in [6, 6.07) is 6.01. The Bertz CT molecular complexity index is 906. The van der Waals surface area contributed by atoms with Crippen molar-refractivity contribution in [1.82, 2.24) is 9.80 Å². The van der Waals surface area contributed by atoms with Crippen LogP contribution in [0.5, 0.6) is 5.75 Å². The molecule has 10 nitrogen and oxygen atoms in total. The minimum absolute atomic E-state index is 0.112. The van der Waals surface area contributed by atoms with Gasteiger partial charge < -0.3 is 28.6 Å². The number of rotatable bonds is 9. The average Bonchev–Trinajstić information content (AvgIpc) is 2.89. The topological polar surface area (TPSA) is 90.0 Å². The summed E-state index contributed by atoms with van der Waals surface area (Å²) in [5, 5.41) is 0. The van der Waals surface area contributed by atoms with E-state index in [0.29, 0.717) is 26.4 Å². The molecule has 1 aromatic rings. The number of hydrogen-bond acceptors (Lipinski definition) is 10. The lowest BCUT2D eigenvalue weighted by Crippen LogP contribution is -2.50. The molecule has 0 radical (unpaired) electrons. The number of ether oxygens (including phenoxy) is 5. The molecule has 1 unspecified atom stereocenters. The van der Waals surface area contributed by atoms with E-state index in [1.54, 1.807) is 20.0 Å². The molecule has 4 rings (SSSR count). The van der Waals surface area contributed by atoms with E-state index in [2.05, 4.69) is 15.9 Å². The van der Waals surface area contributed by atoms with Crippen molar-refractivity contribution in [3.8, 4) is 5.75 Å². The van der Waals surface area contributed by atoms with Crippen LogP contribution in [-0.4, -0.2) is 107 Å². The van der Waals surface area contributed by atoms with Gasteiger partial charge in [0, 0.05) is 45.5 Å². The van der Waals surface area contributed by atoms with E-state index in [1.807, 2.05) is 17.0 Å². The zero-order chi connectivity index (χ0) is 25.3. The number of fused-ring (bicyclic) bond motifs is 1. The maximum absolute atomic E-state index is 12.7. The molecule has 10 heteroatoms. The highest BCUT2D eigenvalue weighted by molar-refractivity contribution is 6.14. The van der Waals surface area contributed by atoms with Crippen LogP contribution < -0.4 is 9.64 Å². The van der Waals surface area contributed by atoms with Crippen molar-refractivity contribution in [3.05, 3.63) is 35.5 Å². The van der Waals surface area contributed by atoms with Gasteiger partial charge in [0.2, 0.25) is 0 Å². The monoisotopic (exact) mass is 503 g/mol. The number of anilines is 1. The zero-order valence-corrected chi connectivity index (χ0v) is 21.3. The molecule has 2 saturated heterocycles. The Morgan fingerprint density at radius 2 is 1.56 bits per heavy atom. The predicted octanol–water partition coefficient (Wildman–Crippen LogP) is 1.43. The van der Waals surface area contributed by atoms with Crippen molar-refractivity contribution in [1.29, 1.82) is 0 Å². The summed E-state index contributed by atoms with van der Waals surface area (Å²) in [5.74, 6) is -0.668. The number of morpholine rings is 2. The number of benzene rings is 1. The van der Waals surface area contributed by atoms with Crippen molar-refractivity contribution >= 4 is 17.6 Å². The molecule has 2 fully saturated rings. The van der Waals surface area contributed by atoms with Gasteiger partial charge in [0.15, 0.2) is 5.57 Å². The minimum atomic E-state index is -0.696. The Morgan fingerprint density at radius 1 is 0.944 bits per heavy atom. The smallest absolute Gasteiger partial charge is 0.347 e. The predicted molar refractivity (Wildman–Crippen MR) is 133 cm³/mol. The van der Waals surface area contributed by atoms with Crippen molar-refractivity contribution in [2.75, 3.05) is 83.9 Å². The first-order valence-electron chi connectivity index (χ1n) is 12.8. The minimum Gasteiger partial charge on any atom is -0.489 e. The largest absolute Gasteiger partial charge is 0.489 e. The highest BCUT2D eigenvalue weighted by atomic mass is 16.6. The lowest BCUT2D eigenvalue weighted by Gasteiger charge is -2.40. The molecule has 1 atom stereocenters. The van der Waals surface area contributed by atoms with Gasteiger partial charge in [-0.1, -0.05) is 6.07 Å². The first-order valence-corrected chi connectivity index (χ1v) is 12.8. The van der Waals surface area contributed by atoms with Crippen LogP contribution in [0, 0.1) is 0 Å². The van der Waals surface area contributed by atoms with Crippen molar-refractivity contribution in [2.45, 2.75) is 26.4 Å². The third-order valence-electron chi connectivity index (χ3n) is 6.47. The molecular formula is C26H37N3O7. The van der Waals surface area contributed by atoms with Crippen LogP contribution in [0.15, 0.2) is 30.0 Å². The second kappa shape index (κ2) is 13.0. The van der Waals surface area contributed by atoms with Crippen LogP contribution in [0.25, 0.3) is 0 Å². The first-order chi connectivity index (χ1) is 17.6. The second-order valence-electron chi connectivity index (χ2n) is 8.96. The summed E-state index contributed by atoms with van der Waals surface area (Å²) >= 11 is 0. The van der Waals surface area contributed by atoms with Gasteiger partial charge in [-0.25, -0.2) is 9.59 Å². The molecule has 0 amide bonds. The van der Waals surface area contributed by atoms with Crippen molar-refractivity contribution in [3.63, 3.8) is 0 Å². The molecule has 0 aliphatic carbocycles. The lowest BCUT2D eigenvalue weighted by atomic mass is 10.1. The summed E-state index contributed by atoms with van der Waals surface area (Å²) in [5.41, 5.74) is 1.81. The van der Waals surface area contributed by atoms with E-state index in [0.717, 1.165) is 62.9 Å². The molecule has 3 heterocycles. The lowest BCUT2D eigenvalue weighted by molar-refractivity contribution is -0.146. The maximum atomic E-state index is 12.7. The number of esters is 2. The second-order valence-corrected chi connectivity index (χ2v) is 8.96. The summed E-state index contributed by atoms with van der Waals surface area (Å²) in [7, 11) is 0. The number of hydrogen-bond donors (Lipinski definition) is 0. The fourth-order valence-electron chi connectivity index (χ4n) is 4.61. The van der Waals surface area contributed by atoms with E-state index in [9.17, 15) is 9.59 Å². The fraction of sp³-hybridized carbons (Fsp3) is 0.615. The highest BCUT2D eigenvalue weighted by Gasteiger charge is 2.32. The average molecular weight is 504 g/mol. The van der Waals surface area contributed by atoms with E-state index < -0.39 is 11.9 Å². The molecule has 3 aliphatic heterocycles. The number of carbonyl (C=O) groups excluding carboxylic acids is 2. The zero-order valence-electron chi connectivity index (χ0n) is 21.3. The van der Waals surface area contributed by atoms with E-state index in [1.165, 1.54) is 0 Å². The molecule has 198 valence electrons. The van der Waals surface area contributed by atoms with Crippen LogP contribution in [-0.2, 0) is 35.1 Å². The standard InChI is InChI=1S/C26H37N3O7/c1-3-34-25(30)22(26(31)35-4-2)18-29-21(17-28-9-13-33-14-10-28)19-36-24-15-20(5-6-23(24)29)16-27-7-11-32-12-8-27/h5-6,15,18,21H,3-4,7-14,16-17,19H2,1-2H3. The van der Waals surface area contributed by atoms with Gasteiger partial charge in [-0.2, -0.15) is 0 Å². The summed E-state index contributed by atoms with van der Waals surface area (Å²) in [6.45, 7) is 12.0. The normalized spacial score (nSPS) is 20.7. The fourth-order valence-corrected chi connectivity index (χ4v) is 4.61. The molecular weight excluding hydrogens is 466 g/mol. The van der Waals surface area contributed by atoms with Gasteiger partial charge in [0.1, 0.15) is 12.4 Å². The first kappa shape index (κ1) is 26.4. The van der Waals surface area contributed by atoms with Crippen LogP contribution in [0.4, 0.5) is 5.69 Å². The van der Waals surface area contributed by atoms with Crippen LogP contribution in [0.3, 0.4) is 0 Å². The Hall–Kier alpha value is -2.66. The van der Waals surface area contributed by atoms with E-state index >= 15 is 0 Å². The van der Waals surface area contributed by atoms with Gasteiger partial charge >= 0.3 is 11.9 Å². The molecule has 0 saturated carbocycles. The summed E-state index contributed by atoms with van der Waals surface area (Å²) < 4.78 is 27.5. The maximum Gasteiger partial charge on any atom is 0.347 e. The van der Waals surface area contributed by atoms with Crippen LogP contribution >= 0.6 is 0 Å². The van der Waals surface area contributed by atoms with Crippen molar-refractivity contribution in [2.24, 2.45) is 0 Å². The molecule has 0 spiro atoms. The third kappa shape index (κ3) is 6.76. The van der Waals surface area contributed by atoms with E-state index in [-0.39, 0.29) is 24.8 Å². The van der Waals surface area contributed by atoms with Crippen LogP contribution in [0.1, 0.15) is 19.4 Å². The molecule has 36 heavy (non-hydrogen) atoms. The van der Waals surface area contributed by atoms with E-state index in [4.69, 9.17) is 23.7 Å². The van der Waals surface area contributed by atoms with Gasteiger partial charge in [-0.15, -0.1) is 0 Å². The Kier molecular flexibility index (Phi) is 9.57. The Morgan fingerprint density at radius 3 is 2.17 bits per heavy atom. The van der Waals surface area contributed by atoms with Crippen molar-refractivity contribution < 1.29 is 33.3 Å². The third-order valence-corrected chi connectivity index (χ3v) is 6.47. The van der Waals surface area contributed by atoms with Gasteiger partial charge in [-0.3, -0.25) is 9.80 Å². The molecule has 0 N–H and O–H groups in total. The molecule has 3 aliphatic rings. The summed E-state index contributed by atoms with van der Waals surface area (Å²) in [6.07, 6.45) is 1.57. The Labute approximate surface area is 212 Å². The van der Waals surface area contributed by atoms with Gasteiger partial charge in [-0.05, 0) is 31.5 Å². The quantitative estimate of drug-likeness (QED) is 0.213. The molecule has 0 bridgehead atoms. The van der Waals surface area contributed by atoms with Crippen LogP contribution in [0.2, 0.25) is 0 Å². The highest BCUT2D eigenvalue weighted by Crippen LogP contribution is 2.36. The van der Waals surface area contributed by atoms with Gasteiger partial charge in [0.05, 0.1) is 51.4 Å². The molecule has 1 aromatic carbocycles.